The van der Waals surface area contributed by atoms with Crippen LogP contribution in [-0.4, -0.2) is 9.97 Å². The van der Waals surface area contributed by atoms with Crippen molar-refractivity contribution in [3.63, 3.8) is 0 Å². The van der Waals surface area contributed by atoms with Crippen molar-refractivity contribution < 1.29 is 0 Å². The minimum absolute atomic E-state index is 0.0252. The molecule has 0 saturated heterocycles. The second kappa shape index (κ2) is 5.24. The summed E-state index contributed by atoms with van der Waals surface area (Å²) in [4.78, 5) is 8.56. The molecule has 100 valence electrons. The Morgan fingerprint density at radius 3 is 1.41 bits per heavy atom. The van der Waals surface area contributed by atoms with Crippen molar-refractivity contribution in [3.8, 4) is 24.3 Å². The maximum Gasteiger partial charge on any atom is 0.165 e. The first-order valence-corrected chi connectivity index (χ1v) is 7.39. The van der Waals surface area contributed by atoms with E-state index in [0.717, 1.165) is 9.40 Å². The molecule has 0 unspecified atom stereocenters. The third-order valence-electron chi connectivity index (χ3n) is 2.77. The van der Waals surface area contributed by atoms with Crippen LogP contribution in [0.3, 0.4) is 0 Å². The Morgan fingerprint density at radius 1 is 0.727 bits per heavy atom. The van der Waals surface area contributed by atoms with E-state index < -0.39 is 0 Å². The summed E-state index contributed by atoms with van der Waals surface area (Å²) in [6, 6.07) is 10.8. The predicted molar refractivity (Wildman–Crippen MR) is 81.3 cm³/mol. The van der Waals surface area contributed by atoms with Crippen LogP contribution in [0.4, 0.5) is 0 Å². The van der Waals surface area contributed by atoms with Gasteiger partial charge in [0.15, 0.2) is 11.1 Å². The molecule has 8 heteroatoms. The Bertz CT molecular complexity index is 1030. The zero-order valence-corrected chi connectivity index (χ0v) is 12.3. The fraction of sp³-hybridized carbons (Fsp3) is 0. The van der Waals surface area contributed by atoms with Crippen LogP contribution in [0.2, 0.25) is 0 Å². The molecule has 0 aliphatic heterocycles. The summed E-state index contributed by atoms with van der Waals surface area (Å²) in [7, 11) is 0. The summed E-state index contributed by atoms with van der Waals surface area (Å²) >= 11 is 2.47. The molecule has 0 spiro atoms. The highest BCUT2D eigenvalue weighted by atomic mass is 32.1. The summed E-state index contributed by atoms with van der Waals surface area (Å²) < 4.78 is 2.33. The third-order valence-corrected chi connectivity index (χ3v) is 4.84. The molecule has 2 heterocycles. The Hall–Kier alpha value is -3.30. The average molecular weight is 318 g/mol. The van der Waals surface area contributed by atoms with E-state index in [0.29, 0.717) is 20.4 Å². The van der Waals surface area contributed by atoms with E-state index in [4.69, 9.17) is 21.0 Å². The van der Waals surface area contributed by atoms with Gasteiger partial charge in [-0.3, -0.25) is 0 Å². The number of hydrogen-bond donors (Lipinski definition) is 0. The van der Waals surface area contributed by atoms with Crippen LogP contribution < -0.4 is 9.33 Å². The first-order valence-electron chi connectivity index (χ1n) is 5.76. The van der Waals surface area contributed by atoms with Gasteiger partial charge in [-0.15, -0.1) is 22.7 Å². The van der Waals surface area contributed by atoms with E-state index in [1.54, 1.807) is 12.1 Å². The number of nitrogens with zero attached hydrogens (tertiary/aromatic N) is 6. The van der Waals surface area contributed by atoms with E-state index in [1.807, 2.05) is 24.3 Å². The highest BCUT2D eigenvalue weighted by Crippen LogP contribution is 2.23. The maximum atomic E-state index is 8.89. The second-order valence-corrected chi connectivity index (χ2v) is 6.08. The number of thiazole rings is 2. The van der Waals surface area contributed by atoms with Crippen LogP contribution >= 0.6 is 22.7 Å². The van der Waals surface area contributed by atoms with Gasteiger partial charge in [-0.1, -0.05) is 0 Å². The summed E-state index contributed by atoms with van der Waals surface area (Å²) in [5.41, 5.74) is 1.26. The molecule has 3 rings (SSSR count). The van der Waals surface area contributed by atoms with Gasteiger partial charge in [0.05, 0.1) is 20.4 Å². The standard InChI is InChI=1S/C14H2N6S2/c15-3-7(4-16)13-19-9-1-11-10(2-12(9)22-13)20-14(21-11)8(5-17)6-18/h1-2H. The molecule has 0 radical (unpaired) electrons. The zero-order chi connectivity index (χ0) is 15.7. The minimum atomic E-state index is -0.0252. The number of benzene rings is 1. The molecular weight excluding hydrogens is 316 g/mol. The lowest BCUT2D eigenvalue weighted by atomic mass is 10.3. The van der Waals surface area contributed by atoms with Crippen LogP contribution in [0, 0.1) is 45.3 Å². The molecule has 22 heavy (non-hydrogen) atoms. The second-order valence-electron chi connectivity index (χ2n) is 4.02. The molecule has 0 amide bonds. The number of fused-ring (bicyclic) bond motifs is 2. The third kappa shape index (κ3) is 2.06. The molecule has 1 aromatic carbocycles. The van der Waals surface area contributed by atoms with Gasteiger partial charge in [0.2, 0.25) is 0 Å². The van der Waals surface area contributed by atoms with Crippen LogP contribution in [0.5, 0.6) is 0 Å². The van der Waals surface area contributed by atoms with E-state index in [1.165, 1.54) is 22.7 Å². The molecule has 0 bridgehead atoms. The topological polar surface area (TPSA) is 121 Å². The number of nitriles is 4. The summed E-state index contributed by atoms with van der Waals surface area (Å²) in [5.74, 6) is 0. The van der Waals surface area contributed by atoms with Crippen LogP contribution in [-0.2, 0) is 0 Å². The van der Waals surface area contributed by atoms with Crippen molar-refractivity contribution in [1.82, 2.24) is 9.97 Å². The lowest BCUT2D eigenvalue weighted by Crippen LogP contribution is -2.00. The van der Waals surface area contributed by atoms with Crippen molar-refractivity contribution >= 4 is 54.3 Å². The van der Waals surface area contributed by atoms with Gasteiger partial charge in [-0.05, 0) is 12.1 Å². The fourth-order valence-electron chi connectivity index (χ4n) is 1.80. The lowest BCUT2D eigenvalue weighted by molar-refractivity contribution is 1.39. The SMILES string of the molecule is N#CC(C#N)=c1nc2cc3sc(=C(C#N)C#N)nc3cc2s1. The monoisotopic (exact) mass is 318 g/mol. The number of rotatable bonds is 0. The highest BCUT2D eigenvalue weighted by Gasteiger charge is 2.09. The largest absolute Gasteiger partial charge is 0.234 e. The van der Waals surface area contributed by atoms with E-state index in [-0.39, 0.29) is 11.1 Å². The van der Waals surface area contributed by atoms with Gasteiger partial charge in [-0.2, -0.15) is 21.0 Å². The molecule has 6 nitrogen and oxygen atoms in total. The molecular formula is C14H2N6S2. The molecule has 0 saturated carbocycles. The van der Waals surface area contributed by atoms with Gasteiger partial charge >= 0.3 is 0 Å². The molecule has 0 fully saturated rings. The van der Waals surface area contributed by atoms with Gasteiger partial charge in [0, 0.05) is 0 Å². The quantitative estimate of drug-likeness (QED) is 0.616. The van der Waals surface area contributed by atoms with Crippen LogP contribution in [0.15, 0.2) is 12.1 Å². The van der Waals surface area contributed by atoms with Gasteiger partial charge < -0.3 is 0 Å². The van der Waals surface area contributed by atoms with Crippen LogP contribution in [0.1, 0.15) is 0 Å². The van der Waals surface area contributed by atoms with Crippen molar-refractivity contribution in [2.45, 2.75) is 0 Å². The van der Waals surface area contributed by atoms with E-state index in [2.05, 4.69) is 9.97 Å². The Balaban J connectivity index is 2.38. The minimum Gasteiger partial charge on any atom is -0.234 e. The molecule has 0 atom stereocenters. The Kier molecular flexibility index (Phi) is 3.26. The smallest absolute Gasteiger partial charge is 0.165 e. The van der Waals surface area contributed by atoms with E-state index in [9.17, 15) is 0 Å². The maximum absolute atomic E-state index is 8.89. The van der Waals surface area contributed by atoms with Crippen molar-refractivity contribution in [1.29, 1.82) is 21.0 Å². The summed E-state index contributed by atoms with van der Waals surface area (Å²) in [6.07, 6.45) is 0. The summed E-state index contributed by atoms with van der Waals surface area (Å²) in [5, 5.41) is 35.6. The Labute approximate surface area is 131 Å². The molecule has 0 aliphatic carbocycles. The van der Waals surface area contributed by atoms with Gasteiger partial charge in [0.1, 0.15) is 33.6 Å². The number of hydrogen-bond acceptors (Lipinski definition) is 8. The molecule has 0 aliphatic rings. The van der Waals surface area contributed by atoms with E-state index >= 15 is 0 Å². The first kappa shape index (κ1) is 13.7. The van der Waals surface area contributed by atoms with Crippen molar-refractivity contribution in [2.75, 3.05) is 0 Å². The first-order chi connectivity index (χ1) is 10.7. The fourth-order valence-corrected chi connectivity index (χ4v) is 3.66. The lowest BCUT2D eigenvalue weighted by Gasteiger charge is -1.86. The molecule has 3 aromatic rings. The number of aromatic nitrogens is 2. The normalized spacial score (nSPS) is 9.64. The van der Waals surface area contributed by atoms with Crippen LogP contribution in [0.25, 0.3) is 31.6 Å². The highest BCUT2D eigenvalue weighted by molar-refractivity contribution is 7.18. The van der Waals surface area contributed by atoms with Gasteiger partial charge in [0.25, 0.3) is 0 Å². The predicted octanol–water partition coefficient (Wildman–Crippen LogP) is 1.30. The van der Waals surface area contributed by atoms with Crippen molar-refractivity contribution in [3.05, 3.63) is 21.5 Å². The summed E-state index contributed by atoms with van der Waals surface area (Å²) in [6.45, 7) is 0. The molecule has 2 aromatic heterocycles. The zero-order valence-electron chi connectivity index (χ0n) is 10.7. The van der Waals surface area contributed by atoms with Gasteiger partial charge in [-0.25, -0.2) is 9.97 Å². The molecule has 0 N–H and O–H groups in total. The Morgan fingerprint density at radius 2 is 1.09 bits per heavy atom. The average Bonchev–Trinajstić information content (AvgIpc) is 3.10. The van der Waals surface area contributed by atoms with Crippen molar-refractivity contribution in [2.24, 2.45) is 0 Å².